The molecule has 0 saturated heterocycles. The molecule has 1 heterocycles. The third-order valence-electron chi connectivity index (χ3n) is 9.45. The molecule has 1 aliphatic heterocycles. The van der Waals surface area contributed by atoms with Gasteiger partial charge in [0.15, 0.2) is 0 Å². The first-order valence-electron chi connectivity index (χ1n) is 17.4. The average Bonchev–Trinajstić information content (AvgIpc) is 3.09. The van der Waals surface area contributed by atoms with Crippen LogP contribution in [-0.2, 0) is 14.8 Å². The molecule has 0 bridgehead atoms. The number of sulfonamides is 1. The van der Waals surface area contributed by atoms with Crippen LogP contribution in [0.2, 0.25) is 0 Å². The first kappa shape index (κ1) is 38.4. The molecule has 1 saturated carbocycles. The summed E-state index contributed by atoms with van der Waals surface area (Å²) in [5.41, 5.74) is 0.720. The van der Waals surface area contributed by atoms with Crippen molar-refractivity contribution in [1.29, 1.82) is 0 Å². The van der Waals surface area contributed by atoms with E-state index in [9.17, 15) is 23.1 Å². The van der Waals surface area contributed by atoms with E-state index in [-0.39, 0.29) is 60.2 Å². The number of hydrogen-bond donors (Lipinski definition) is 3. The highest BCUT2D eigenvalue weighted by molar-refractivity contribution is 7.89. The normalized spacial score (nSPS) is 22.4. The highest BCUT2D eigenvalue weighted by Gasteiger charge is 2.32. The maximum atomic E-state index is 14.4. The number of amides is 3. The van der Waals surface area contributed by atoms with Crippen molar-refractivity contribution in [2.24, 2.45) is 5.92 Å². The molecule has 0 spiro atoms. The lowest BCUT2D eigenvalue weighted by Crippen LogP contribution is -2.48. The summed E-state index contributed by atoms with van der Waals surface area (Å²) in [5, 5.41) is 16.2. The van der Waals surface area contributed by atoms with E-state index in [0.717, 1.165) is 38.5 Å². The summed E-state index contributed by atoms with van der Waals surface area (Å²) in [6.07, 6.45) is 6.76. The van der Waals surface area contributed by atoms with E-state index < -0.39 is 22.2 Å². The number of ether oxygens (including phenoxy) is 3. The number of hydrogen-bond acceptors (Lipinski definition) is 8. The molecule has 1 fully saturated rings. The van der Waals surface area contributed by atoms with Crippen LogP contribution in [-0.4, -0.2) is 99.4 Å². The number of carbonyl (C=O) groups is 2. The highest BCUT2D eigenvalue weighted by atomic mass is 32.2. The second kappa shape index (κ2) is 18.0. The van der Waals surface area contributed by atoms with Crippen molar-refractivity contribution < 1.29 is 37.3 Å². The summed E-state index contributed by atoms with van der Waals surface area (Å²) < 4.78 is 46.1. The number of aliphatic hydroxyl groups excluding tert-OH is 1. The number of likely N-dealkylation sites (N-methyl/N-ethyl adjacent to an activating group) is 1. The van der Waals surface area contributed by atoms with E-state index in [1.54, 1.807) is 42.2 Å². The molecule has 2 aromatic carbocycles. The molecule has 4 rings (SSSR count). The molecule has 0 unspecified atom stereocenters. The predicted molar refractivity (Wildman–Crippen MR) is 189 cm³/mol. The topological polar surface area (TPSA) is 147 Å². The third kappa shape index (κ3) is 10.6. The van der Waals surface area contributed by atoms with Gasteiger partial charge in [-0.05, 0) is 88.4 Å². The fraction of sp³-hybridized carbons (Fsp3) is 0.611. The van der Waals surface area contributed by atoms with E-state index >= 15 is 0 Å². The van der Waals surface area contributed by atoms with Gasteiger partial charge in [-0.2, -0.15) is 4.31 Å². The van der Waals surface area contributed by atoms with E-state index in [1.165, 1.54) is 37.0 Å². The Balaban J connectivity index is 1.60. The molecule has 13 heteroatoms. The number of urea groups is 1. The zero-order valence-electron chi connectivity index (χ0n) is 29.5. The first-order chi connectivity index (χ1) is 23.4. The predicted octanol–water partition coefficient (Wildman–Crippen LogP) is 5.27. The number of nitrogens with one attached hydrogen (secondary N) is 2. The van der Waals surface area contributed by atoms with Gasteiger partial charge in [-0.3, -0.25) is 4.79 Å². The summed E-state index contributed by atoms with van der Waals surface area (Å²) in [6.45, 7) is 5.99. The smallest absolute Gasteiger partial charge is 0.319 e. The molecule has 2 aromatic rings. The maximum absolute atomic E-state index is 14.4. The fourth-order valence-corrected chi connectivity index (χ4v) is 7.52. The third-order valence-corrected chi connectivity index (χ3v) is 11.3. The van der Waals surface area contributed by atoms with Crippen LogP contribution >= 0.6 is 0 Å². The molecule has 4 atom stereocenters. The highest BCUT2D eigenvalue weighted by Crippen LogP contribution is 2.29. The molecule has 3 amide bonds. The molecule has 2 aliphatic rings. The summed E-state index contributed by atoms with van der Waals surface area (Å²) in [7, 11) is -0.801. The Morgan fingerprint density at radius 1 is 1.06 bits per heavy atom. The van der Waals surface area contributed by atoms with Gasteiger partial charge in [0.1, 0.15) is 11.5 Å². The number of carbonyl (C=O) groups excluding carboxylic acids is 2. The quantitative estimate of drug-likeness (QED) is 0.321. The number of rotatable bonds is 9. The average molecular weight is 703 g/mol. The van der Waals surface area contributed by atoms with Gasteiger partial charge in [-0.1, -0.05) is 26.2 Å². The van der Waals surface area contributed by atoms with Crippen LogP contribution in [0.1, 0.15) is 82.5 Å². The van der Waals surface area contributed by atoms with E-state index in [4.69, 9.17) is 14.2 Å². The standard InChI is InChI=1S/C36H54N4O8S/c1-25-22-40(26(2)24-41)35(42)32-21-29(38-36(43)37-28-12-7-6-8-13-28)14-19-33(32)48-27(3)11-9-10-20-47-34(25)23-39(4)49(44,45)31-17-15-30(46-5)16-18-31/h14-19,21,25-28,34,41H,6-13,20,22-24H2,1-5H3,(H2,37,38,43)/t25-,26+,27+,34+/m1/s1. The first-order valence-corrected chi connectivity index (χ1v) is 18.9. The van der Waals surface area contributed by atoms with Crippen LogP contribution in [0.5, 0.6) is 11.5 Å². The van der Waals surface area contributed by atoms with Crippen molar-refractivity contribution in [2.45, 2.75) is 101 Å². The number of methoxy groups -OCH3 is 1. The number of aliphatic hydroxyl groups is 1. The maximum Gasteiger partial charge on any atom is 0.319 e. The van der Waals surface area contributed by atoms with Gasteiger partial charge < -0.3 is 34.9 Å². The second-order valence-electron chi connectivity index (χ2n) is 13.4. The number of fused-ring (bicyclic) bond motifs is 1. The minimum absolute atomic E-state index is 0.0609. The van der Waals surface area contributed by atoms with E-state index in [1.807, 2.05) is 13.8 Å². The Morgan fingerprint density at radius 2 is 1.76 bits per heavy atom. The Morgan fingerprint density at radius 3 is 2.43 bits per heavy atom. The zero-order chi connectivity index (χ0) is 35.6. The number of nitrogens with zero attached hydrogens (tertiary/aromatic N) is 2. The van der Waals surface area contributed by atoms with Crippen molar-refractivity contribution in [1.82, 2.24) is 14.5 Å². The fourth-order valence-electron chi connectivity index (χ4n) is 6.34. The zero-order valence-corrected chi connectivity index (χ0v) is 30.3. The minimum atomic E-state index is -3.84. The van der Waals surface area contributed by atoms with Gasteiger partial charge in [0.2, 0.25) is 10.0 Å². The molecule has 1 aliphatic carbocycles. The number of benzene rings is 2. The lowest BCUT2D eigenvalue weighted by molar-refractivity contribution is -0.00834. The van der Waals surface area contributed by atoms with Crippen LogP contribution in [0, 0.1) is 5.92 Å². The molecular weight excluding hydrogens is 648 g/mol. The molecular formula is C36H54N4O8S. The SMILES string of the molecule is COc1ccc(S(=O)(=O)N(C)C[C@@H]2OCCCC[C@H](C)Oc3ccc(NC(=O)NC4CCCCC4)cc3C(=O)N([C@@H](C)CO)C[C@H]2C)cc1. The number of anilines is 1. The van der Waals surface area contributed by atoms with Crippen LogP contribution in [0.25, 0.3) is 0 Å². The minimum Gasteiger partial charge on any atom is -0.497 e. The van der Waals surface area contributed by atoms with Crippen LogP contribution < -0.4 is 20.1 Å². The van der Waals surface area contributed by atoms with E-state index in [0.29, 0.717) is 30.2 Å². The Labute approximate surface area is 291 Å². The van der Waals surface area contributed by atoms with Crippen LogP contribution in [0.3, 0.4) is 0 Å². The van der Waals surface area contributed by atoms with Crippen LogP contribution in [0.4, 0.5) is 10.5 Å². The van der Waals surface area contributed by atoms with Crippen molar-refractivity contribution in [3.8, 4) is 11.5 Å². The van der Waals surface area contributed by atoms with Gasteiger partial charge in [-0.15, -0.1) is 0 Å². The lowest BCUT2D eigenvalue weighted by Gasteiger charge is -2.35. The van der Waals surface area contributed by atoms with Gasteiger partial charge >= 0.3 is 6.03 Å². The monoisotopic (exact) mass is 702 g/mol. The molecule has 0 radical (unpaired) electrons. The summed E-state index contributed by atoms with van der Waals surface area (Å²) in [5.74, 6) is 0.259. The Bertz CT molecular complexity index is 1480. The summed E-state index contributed by atoms with van der Waals surface area (Å²) in [4.78, 5) is 29.0. The van der Waals surface area contributed by atoms with Crippen molar-refractivity contribution >= 4 is 27.6 Å². The van der Waals surface area contributed by atoms with Crippen molar-refractivity contribution in [2.75, 3.05) is 45.8 Å². The Kier molecular flexibility index (Phi) is 14.1. The van der Waals surface area contributed by atoms with Gasteiger partial charge in [0.05, 0.1) is 42.4 Å². The summed E-state index contributed by atoms with van der Waals surface area (Å²) >= 11 is 0. The van der Waals surface area contributed by atoms with Gasteiger partial charge in [-0.25, -0.2) is 13.2 Å². The van der Waals surface area contributed by atoms with Gasteiger partial charge in [0, 0.05) is 44.4 Å². The molecule has 49 heavy (non-hydrogen) atoms. The molecule has 3 N–H and O–H groups in total. The molecule has 0 aromatic heterocycles. The second-order valence-corrected chi connectivity index (χ2v) is 15.5. The molecule has 272 valence electrons. The molecule has 12 nitrogen and oxygen atoms in total. The van der Waals surface area contributed by atoms with Crippen molar-refractivity contribution in [3.63, 3.8) is 0 Å². The summed E-state index contributed by atoms with van der Waals surface area (Å²) in [6, 6.07) is 10.5. The Hall–Kier alpha value is -3.39. The van der Waals surface area contributed by atoms with Crippen molar-refractivity contribution in [3.05, 3.63) is 48.0 Å². The van der Waals surface area contributed by atoms with Crippen LogP contribution in [0.15, 0.2) is 47.4 Å². The largest absolute Gasteiger partial charge is 0.497 e. The van der Waals surface area contributed by atoms with Gasteiger partial charge in [0.25, 0.3) is 5.91 Å². The lowest BCUT2D eigenvalue weighted by atomic mass is 9.96. The van der Waals surface area contributed by atoms with E-state index in [2.05, 4.69) is 10.6 Å².